The van der Waals surface area contributed by atoms with Gasteiger partial charge in [0.2, 0.25) is 0 Å². The van der Waals surface area contributed by atoms with Crippen molar-refractivity contribution in [2.75, 3.05) is 0 Å². The number of benzene rings is 1. The molecule has 108 valence electrons. The van der Waals surface area contributed by atoms with Gasteiger partial charge in [-0.1, -0.05) is 17.8 Å². The van der Waals surface area contributed by atoms with Crippen LogP contribution >= 0.6 is 0 Å². The first-order chi connectivity index (χ1) is 10.7. The summed E-state index contributed by atoms with van der Waals surface area (Å²) in [4.78, 5) is 0. The number of hydrogen-bond acceptors (Lipinski definition) is 0. The maximum absolute atomic E-state index is 5.70. The molecule has 0 aromatic heterocycles. The van der Waals surface area contributed by atoms with Gasteiger partial charge in [-0.3, -0.25) is 0 Å². The van der Waals surface area contributed by atoms with Crippen molar-refractivity contribution in [3.63, 3.8) is 0 Å². The van der Waals surface area contributed by atoms with E-state index in [4.69, 9.17) is 19.3 Å². The third kappa shape index (κ3) is 1.83. The van der Waals surface area contributed by atoms with Gasteiger partial charge < -0.3 is 0 Å². The molecule has 22 heavy (non-hydrogen) atoms. The van der Waals surface area contributed by atoms with Crippen LogP contribution in [0.1, 0.15) is 60.8 Å². The molecule has 0 nitrogen and oxygen atoms in total. The molecule has 0 unspecified atom stereocenters. The summed E-state index contributed by atoms with van der Waals surface area (Å²) >= 11 is 0. The van der Waals surface area contributed by atoms with E-state index in [9.17, 15) is 0 Å². The predicted octanol–water partition coefficient (Wildman–Crippen LogP) is 4.10. The Morgan fingerprint density at radius 3 is 1.59 bits per heavy atom. The Morgan fingerprint density at radius 2 is 1.23 bits per heavy atom. The Labute approximate surface area is 133 Å². The van der Waals surface area contributed by atoms with Gasteiger partial charge in [-0.2, -0.15) is 0 Å². The average Bonchev–Trinajstić information content (AvgIpc) is 2.52. The van der Waals surface area contributed by atoms with Gasteiger partial charge >= 0.3 is 0 Å². The molecular weight excluding hydrogens is 264 g/mol. The van der Waals surface area contributed by atoms with Crippen LogP contribution in [0.15, 0.2) is 12.1 Å². The molecule has 5 rings (SSSR count). The molecular formula is C22H20. The lowest BCUT2D eigenvalue weighted by Crippen LogP contribution is -2.48. The summed E-state index contributed by atoms with van der Waals surface area (Å²) in [5.41, 5.74) is 3.95. The van der Waals surface area contributed by atoms with Crippen molar-refractivity contribution in [1.29, 1.82) is 0 Å². The van der Waals surface area contributed by atoms with Crippen molar-refractivity contribution >= 4 is 0 Å². The zero-order valence-electron chi connectivity index (χ0n) is 12.9. The van der Waals surface area contributed by atoms with E-state index in [1.165, 1.54) is 44.1 Å². The fourth-order valence-electron chi connectivity index (χ4n) is 5.80. The van der Waals surface area contributed by atoms with E-state index in [1.807, 2.05) is 0 Å². The molecule has 0 aliphatic heterocycles. The molecule has 0 N–H and O–H groups in total. The zero-order valence-corrected chi connectivity index (χ0v) is 12.9. The van der Waals surface area contributed by atoms with Crippen LogP contribution in [0.2, 0.25) is 0 Å². The normalized spacial score (nSPS) is 34.7. The Hall–Kier alpha value is -2.10. The first kappa shape index (κ1) is 13.6. The van der Waals surface area contributed by atoms with Crippen LogP contribution in [0.4, 0.5) is 0 Å². The monoisotopic (exact) mass is 284 g/mol. The molecule has 0 heteroatoms. The van der Waals surface area contributed by atoms with Crippen molar-refractivity contribution in [2.24, 2.45) is 17.8 Å². The van der Waals surface area contributed by atoms with E-state index < -0.39 is 0 Å². The van der Waals surface area contributed by atoms with E-state index >= 15 is 0 Å². The van der Waals surface area contributed by atoms with Crippen molar-refractivity contribution < 1.29 is 0 Å². The molecule has 0 saturated heterocycles. The lowest BCUT2D eigenvalue weighted by Gasteiger charge is -2.57. The minimum atomic E-state index is 0.305. The fraction of sp³-hybridized carbons (Fsp3) is 0.455. The van der Waals surface area contributed by atoms with Crippen molar-refractivity contribution in [1.82, 2.24) is 0 Å². The van der Waals surface area contributed by atoms with Crippen LogP contribution in [0.25, 0.3) is 0 Å². The second-order valence-electron chi connectivity index (χ2n) is 7.58. The van der Waals surface area contributed by atoms with E-state index in [0.717, 1.165) is 28.9 Å². The van der Waals surface area contributed by atoms with Crippen LogP contribution in [0.3, 0.4) is 0 Å². The van der Waals surface area contributed by atoms with Crippen molar-refractivity contribution in [2.45, 2.75) is 43.9 Å². The van der Waals surface area contributed by atoms with Gasteiger partial charge in [0.15, 0.2) is 0 Å². The highest BCUT2D eigenvalue weighted by Crippen LogP contribution is 2.60. The highest BCUT2D eigenvalue weighted by Gasteiger charge is 2.51. The molecule has 4 aliphatic carbocycles. The highest BCUT2D eigenvalue weighted by atomic mass is 14.6. The molecule has 4 fully saturated rings. The van der Waals surface area contributed by atoms with Gasteiger partial charge in [-0.25, -0.2) is 0 Å². The van der Waals surface area contributed by atoms with Crippen LogP contribution in [-0.2, 0) is 5.41 Å². The van der Waals surface area contributed by atoms with Gasteiger partial charge in [-0.05, 0) is 79.4 Å². The maximum atomic E-state index is 5.70. The van der Waals surface area contributed by atoms with Crippen LogP contribution < -0.4 is 0 Å². The second-order valence-corrected chi connectivity index (χ2v) is 7.58. The van der Waals surface area contributed by atoms with Crippen molar-refractivity contribution in [3.8, 4) is 37.0 Å². The van der Waals surface area contributed by atoms with E-state index in [0.29, 0.717) is 11.0 Å². The molecule has 4 aliphatic rings. The molecule has 0 spiro atoms. The largest absolute Gasteiger partial charge is 0.115 e. The van der Waals surface area contributed by atoms with E-state index in [2.05, 4.69) is 29.9 Å². The molecule has 1 aromatic rings. The van der Waals surface area contributed by atoms with E-state index in [1.54, 1.807) is 0 Å². The highest BCUT2D eigenvalue weighted by molar-refractivity contribution is 5.60. The van der Waals surface area contributed by atoms with Crippen LogP contribution in [-0.4, -0.2) is 0 Å². The Balaban J connectivity index is 1.86. The van der Waals surface area contributed by atoms with E-state index in [-0.39, 0.29) is 0 Å². The standard InChI is InChI=1S/C22H20/c1-4-18-10-20(11-19(5-2)21(18)6-3)22-12-15-7-16(13-22)9-17(8-15)14-22/h1-3,10-11,15-17H,7-9,12-14H2. The van der Waals surface area contributed by atoms with Crippen molar-refractivity contribution in [3.05, 3.63) is 34.4 Å². The summed E-state index contributed by atoms with van der Waals surface area (Å²) in [5, 5.41) is 0. The topological polar surface area (TPSA) is 0 Å². The quantitative estimate of drug-likeness (QED) is 0.681. The maximum Gasteiger partial charge on any atom is 0.0555 e. The zero-order chi connectivity index (χ0) is 15.3. The lowest BCUT2D eigenvalue weighted by atomic mass is 9.48. The fourth-order valence-corrected chi connectivity index (χ4v) is 5.80. The summed E-state index contributed by atoms with van der Waals surface area (Å²) < 4.78 is 0. The Kier molecular flexibility index (Phi) is 2.90. The number of hydrogen-bond donors (Lipinski definition) is 0. The number of rotatable bonds is 1. The Bertz CT molecular complexity index is 686. The summed E-state index contributed by atoms with van der Waals surface area (Å²) in [5.74, 6) is 10.9. The number of terminal acetylenes is 3. The van der Waals surface area contributed by atoms with Gasteiger partial charge in [0, 0.05) is 11.1 Å². The SMILES string of the molecule is C#Cc1cc(C23CC4CC(CC(C4)C2)C3)cc(C#C)c1C#C. The Morgan fingerprint density at radius 1 is 0.773 bits per heavy atom. The summed E-state index contributed by atoms with van der Waals surface area (Å²) in [6, 6.07) is 4.31. The molecule has 0 radical (unpaired) electrons. The predicted molar refractivity (Wildman–Crippen MR) is 90.1 cm³/mol. The minimum absolute atomic E-state index is 0.305. The summed E-state index contributed by atoms with van der Waals surface area (Å²) in [6.07, 6.45) is 25.2. The first-order valence-electron chi connectivity index (χ1n) is 8.26. The third-order valence-electron chi connectivity index (χ3n) is 6.24. The molecule has 0 amide bonds. The smallest absolute Gasteiger partial charge is 0.0555 e. The minimum Gasteiger partial charge on any atom is -0.115 e. The third-order valence-corrected chi connectivity index (χ3v) is 6.24. The molecule has 0 atom stereocenters. The lowest BCUT2D eigenvalue weighted by molar-refractivity contribution is -0.00520. The summed E-state index contributed by atoms with van der Waals surface area (Å²) in [6.45, 7) is 0. The van der Waals surface area contributed by atoms with Crippen LogP contribution in [0, 0.1) is 54.8 Å². The summed E-state index contributed by atoms with van der Waals surface area (Å²) in [7, 11) is 0. The molecule has 4 bridgehead atoms. The van der Waals surface area contributed by atoms with Gasteiger partial charge in [0.25, 0.3) is 0 Å². The second kappa shape index (κ2) is 4.70. The van der Waals surface area contributed by atoms with Gasteiger partial charge in [0.1, 0.15) is 0 Å². The van der Waals surface area contributed by atoms with Gasteiger partial charge in [-0.15, -0.1) is 19.3 Å². The molecule has 4 saturated carbocycles. The van der Waals surface area contributed by atoms with Gasteiger partial charge in [0.05, 0.1) is 5.56 Å². The van der Waals surface area contributed by atoms with Crippen LogP contribution in [0.5, 0.6) is 0 Å². The molecule has 0 heterocycles. The first-order valence-corrected chi connectivity index (χ1v) is 8.26. The average molecular weight is 284 g/mol. The molecule has 1 aromatic carbocycles.